The number of rotatable bonds is 1. The van der Waals surface area contributed by atoms with Crippen LogP contribution in [0.15, 0.2) is 0 Å². The van der Waals surface area contributed by atoms with Gasteiger partial charge in [0.05, 0.1) is 13.2 Å². The van der Waals surface area contributed by atoms with Crippen LogP contribution in [0, 0.1) is 0 Å². The Morgan fingerprint density at radius 2 is 2.33 bits per heavy atom. The van der Waals surface area contributed by atoms with Gasteiger partial charge in [0.25, 0.3) is 0 Å². The maximum Gasteiger partial charge on any atom is 0.158 e. The molecule has 0 saturated carbocycles. The number of aromatic nitrogens is 3. The van der Waals surface area contributed by atoms with Crippen molar-refractivity contribution in [2.75, 3.05) is 13.2 Å². The summed E-state index contributed by atoms with van der Waals surface area (Å²) in [4.78, 5) is 0. The Morgan fingerprint density at radius 3 is 3.17 bits per heavy atom. The zero-order chi connectivity index (χ0) is 8.39. The fourth-order valence-electron chi connectivity index (χ4n) is 1.35. The van der Waals surface area contributed by atoms with Crippen molar-refractivity contribution in [1.29, 1.82) is 0 Å². The van der Waals surface area contributed by atoms with Crippen molar-refractivity contribution < 1.29 is 9.84 Å². The van der Waals surface area contributed by atoms with Gasteiger partial charge >= 0.3 is 0 Å². The highest BCUT2D eigenvalue weighted by Crippen LogP contribution is 2.06. The summed E-state index contributed by atoms with van der Waals surface area (Å²) in [5.74, 6) is 1.55. The van der Waals surface area contributed by atoms with E-state index < -0.39 is 0 Å². The molecule has 0 atom stereocenters. The third-order valence-corrected chi connectivity index (χ3v) is 1.97. The van der Waals surface area contributed by atoms with Crippen LogP contribution in [0.1, 0.15) is 11.6 Å². The van der Waals surface area contributed by atoms with Crippen molar-refractivity contribution in [3.63, 3.8) is 0 Å². The second kappa shape index (κ2) is 3.20. The molecule has 1 aliphatic heterocycles. The van der Waals surface area contributed by atoms with Crippen molar-refractivity contribution in [1.82, 2.24) is 14.8 Å². The molecule has 0 fully saturated rings. The quantitative estimate of drug-likeness (QED) is 0.606. The molecule has 0 spiro atoms. The first-order valence-corrected chi connectivity index (χ1v) is 4.01. The molecule has 12 heavy (non-hydrogen) atoms. The van der Waals surface area contributed by atoms with E-state index in [9.17, 15) is 0 Å². The molecular formula is C7H11N3O2. The lowest BCUT2D eigenvalue weighted by molar-refractivity contribution is 0.138. The summed E-state index contributed by atoms with van der Waals surface area (Å²) >= 11 is 0. The zero-order valence-corrected chi connectivity index (χ0v) is 6.73. The van der Waals surface area contributed by atoms with Crippen LogP contribution in [-0.4, -0.2) is 33.1 Å². The molecule has 0 amide bonds. The van der Waals surface area contributed by atoms with E-state index in [1.54, 1.807) is 0 Å². The van der Waals surface area contributed by atoms with E-state index in [1.165, 1.54) is 0 Å². The SMILES string of the molecule is OCc1nnc2n1CCOCC2. The fraction of sp³-hybridized carbons (Fsp3) is 0.714. The Balaban J connectivity index is 2.32. The van der Waals surface area contributed by atoms with E-state index in [1.807, 2.05) is 4.57 Å². The standard InChI is InChI=1S/C7H11N3O2/c11-5-7-9-8-6-1-3-12-4-2-10(6)7/h11H,1-5H2. The maximum absolute atomic E-state index is 8.91. The average molecular weight is 169 g/mol. The lowest BCUT2D eigenvalue weighted by Gasteiger charge is -2.02. The smallest absolute Gasteiger partial charge is 0.158 e. The highest BCUT2D eigenvalue weighted by molar-refractivity contribution is 4.96. The van der Waals surface area contributed by atoms with E-state index in [0.29, 0.717) is 19.0 Å². The zero-order valence-electron chi connectivity index (χ0n) is 6.73. The minimum atomic E-state index is -0.0486. The molecule has 0 radical (unpaired) electrons. The number of aliphatic hydroxyl groups is 1. The van der Waals surface area contributed by atoms with Gasteiger partial charge in [0, 0.05) is 13.0 Å². The Labute approximate surface area is 70.0 Å². The largest absolute Gasteiger partial charge is 0.388 e. The van der Waals surface area contributed by atoms with Crippen molar-refractivity contribution in [2.24, 2.45) is 0 Å². The molecule has 1 aromatic rings. The second-order valence-corrected chi connectivity index (χ2v) is 2.70. The predicted molar refractivity (Wildman–Crippen MR) is 40.5 cm³/mol. The van der Waals surface area contributed by atoms with Gasteiger partial charge in [-0.2, -0.15) is 0 Å². The first kappa shape index (κ1) is 7.70. The number of hydrogen-bond acceptors (Lipinski definition) is 4. The van der Waals surface area contributed by atoms with E-state index in [0.717, 1.165) is 18.8 Å². The Bertz CT molecular complexity index is 272. The summed E-state index contributed by atoms with van der Waals surface area (Å²) in [6, 6.07) is 0. The molecule has 1 aliphatic rings. The van der Waals surface area contributed by atoms with Crippen LogP contribution >= 0.6 is 0 Å². The van der Waals surface area contributed by atoms with E-state index >= 15 is 0 Å². The maximum atomic E-state index is 8.91. The van der Waals surface area contributed by atoms with Crippen molar-refractivity contribution in [3.05, 3.63) is 11.6 Å². The Morgan fingerprint density at radius 1 is 1.42 bits per heavy atom. The predicted octanol–water partition coefficient (Wildman–Crippen LogP) is -0.657. The minimum absolute atomic E-state index is 0.0486. The lowest BCUT2D eigenvalue weighted by Crippen LogP contribution is -2.08. The highest BCUT2D eigenvalue weighted by Gasteiger charge is 2.13. The highest BCUT2D eigenvalue weighted by atomic mass is 16.5. The molecule has 5 heteroatoms. The van der Waals surface area contributed by atoms with Crippen LogP contribution in [0.3, 0.4) is 0 Å². The topological polar surface area (TPSA) is 60.2 Å². The minimum Gasteiger partial charge on any atom is -0.388 e. The van der Waals surface area contributed by atoms with Gasteiger partial charge in [-0.1, -0.05) is 0 Å². The van der Waals surface area contributed by atoms with Crippen LogP contribution in [0.5, 0.6) is 0 Å². The van der Waals surface area contributed by atoms with Gasteiger partial charge in [-0.25, -0.2) is 0 Å². The number of ether oxygens (including phenoxy) is 1. The molecule has 2 rings (SSSR count). The Kier molecular flexibility index (Phi) is 2.05. The molecule has 1 N–H and O–H groups in total. The molecule has 5 nitrogen and oxygen atoms in total. The third kappa shape index (κ3) is 1.21. The summed E-state index contributed by atoms with van der Waals surface area (Å²) in [6.07, 6.45) is 0.785. The molecule has 0 aliphatic carbocycles. The molecule has 0 bridgehead atoms. The van der Waals surface area contributed by atoms with Crippen molar-refractivity contribution in [2.45, 2.75) is 19.6 Å². The number of fused-ring (bicyclic) bond motifs is 1. The van der Waals surface area contributed by atoms with Gasteiger partial charge in [0.1, 0.15) is 12.4 Å². The van der Waals surface area contributed by atoms with Crippen LogP contribution < -0.4 is 0 Å². The molecule has 2 heterocycles. The average Bonchev–Trinajstić information content (AvgIpc) is 2.33. The normalized spacial score (nSPS) is 17.1. The number of hydrogen-bond donors (Lipinski definition) is 1. The van der Waals surface area contributed by atoms with E-state index in [-0.39, 0.29) is 6.61 Å². The van der Waals surface area contributed by atoms with E-state index in [2.05, 4.69) is 10.2 Å². The van der Waals surface area contributed by atoms with Crippen LogP contribution in [0.25, 0.3) is 0 Å². The first-order valence-electron chi connectivity index (χ1n) is 4.01. The van der Waals surface area contributed by atoms with Gasteiger partial charge in [-0.15, -0.1) is 10.2 Å². The number of nitrogens with zero attached hydrogens (tertiary/aromatic N) is 3. The van der Waals surface area contributed by atoms with Gasteiger partial charge in [0.15, 0.2) is 5.82 Å². The third-order valence-electron chi connectivity index (χ3n) is 1.97. The monoisotopic (exact) mass is 169 g/mol. The van der Waals surface area contributed by atoms with Gasteiger partial charge < -0.3 is 14.4 Å². The molecular weight excluding hydrogens is 158 g/mol. The molecule has 66 valence electrons. The summed E-state index contributed by atoms with van der Waals surface area (Å²) in [6.45, 7) is 2.08. The second-order valence-electron chi connectivity index (χ2n) is 2.70. The molecule has 0 aromatic carbocycles. The molecule has 1 aromatic heterocycles. The summed E-state index contributed by atoms with van der Waals surface area (Å²) in [7, 11) is 0. The summed E-state index contributed by atoms with van der Waals surface area (Å²) in [5.41, 5.74) is 0. The molecule has 0 unspecified atom stereocenters. The Hall–Kier alpha value is -0.940. The van der Waals surface area contributed by atoms with Crippen molar-refractivity contribution >= 4 is 0 Å². The lowest BCUT2D eigenvalue weighted by atomic mass is 10.4. The first-order chi connectivity index (χ1) is 5.92. The van der Waals surface area contributed by atoms with Crippen LogP contribution in [0.2, 0.25) is 0 Å². The van der Waals surface area contributed by atoms with Crippen LogP contribution in [-0.2, 0) is 24.3 Å². The fourth-order valence-corrected chi connectivity index (χ4v) is 1.35. The van der Waals surface area contributed by atoms with Gasteiger partial charge in [-0.3, -0.25) is 0 Å². The summed E-state index contributed by atoms with van der Waals surface area (Å²) in [5, 5.41) is 16.7. The van der Waals surface area contributed by atoms with E-state index in [4.69, 9.17) is 9.84 Å². The van der Waals surface area contributed by atoms with Gasteiger partial charge in [0.2, 0.25) is 0 Å². The van der Waals surface area contributed by atoms with Crippen molar-refractivity contribution in [3.8, 4) is 0 Å². The van der Waals surface area contributed by atoms with Crippen LogP contribution in [0.4, 0.5) is 0 Å². The summed E-state index contributed by atoms with van der Waals surface area (Å²) < 4.78 is 7.19. The van der Waals surface area contributed by atoms with Gasteiger partial charge in [-0.05, 0) is 0 Å². The molecule has 0 saturated heterocycles. The number of aliphatic hydroxyl groups excluding tert-OH is 1.